The minimum atomic E-state index is 0.705. The molecule has 15 heavy (non-hydrogen) atoms. The molecule has 0 fully saturated rings. The molecule has 1 aromatic rings. The fourth-order valence-corrected chi connectivity index (χ4v) is 1.25. The Labute approximate surface area is 91.8 Å². The molecule has 0 aliphatic rings. The van der Waals surface area contributed by atoms with Crippen LogP contribution in [0, 0.1) is 0 Å². The summed E-state index contributed by atoms with van der Waals surface area (Å²) < 4.78 is 5.62. The van der Waals surface area contributed by atoms with E-state index in [4.69, 9.17) is 10.5 Å². The Hall–Kier alpha value is -1.38. The summed E-state index contributed by atoms with van der Waals surface area (Å²) >= 11 is 0. The molecule has 3 nitrogen and oxygen atoms in total. The van der Waals surface area contributed by atoms with E-state index in [0.29, 0.717) is 5.69 Å². The number of nitrogen functional groups attached to an aromatic ring is 1. The molecular formula is C12H20N2O. The van der Waals surface area contributed by atoms with Crippen LogP contribution in [0.5, 0.6) is 5.75 Å². The van der Waals surface area contributed by atoms with Crippen molar-refractivity contribution in [2.24, 2.45) is 0 Å². The molecule has 0 heterocycles. The van der Waals surface area contributed by atoms with Crippen molar-refractivity contribution >= 4 is 11.4 Å². The second-order valence-corrected chi connectivity index (χ2v) is 3.82. The minimum Gasteiger partial charge on any atom is -0.491 e. The Morgan fingerprint density at radius 2 is 2.07 bits per heavy atom. The van der Waals surface area contributed by atoms with E-state index >= 15 is 0 Å². The van der Waals surface area contributed by atoms with Crippen LogP contribution in [0.4, 0.5) is 11.4 Å². The Morgan fingerprint density at radius 1 is 1.33 bits per heavy atom. The van der Waals surface area contributed by atoms with Crippen LogP contribution in [0.15, 0.2) is 18.2 Å². The van der Waals surface area contributed by atoms with Crippen LogP contribution in [0.25, 0.3) is 0 Å². The second kappa shape index (κ2) is 5.49. The highest BCUT2D eigenvalue weighted by atomic mass is 16.5. The number of ether oxygens (including phenoxy) is 1. The summed E-state index contributed by atoms with van der Waals surface area (Å²) in [7, 11) is 4.00. The zero-order valence-corrected chi connectivity index (χ0v) is 9.79. The summed E-state index contributed by atoms with van der Waals surface area (Å²) in [6, 6.07) is 5.85. The summed E-state index contributed by atoms with van der Waals surface area (Å²) in [5, 5.41) is 0. The third-order valence-corrected chi connectivity index (χ3v) is 2.27. The lowest BCUT2D eigenvalue weighted by atomic mass is 10.2. The van der Waals surface area contributed by atoms with E-state index in [9.17, 15) is 0 Å². The van der Waals surface area contributed by atoms with E-state index in [1.807, 2.05) is 37.2 Å². The predicted octanol–water partition coefficient (Wildman–Crippen LogP) is 2.51. The molecule has 0 atom stereocenters. The van der Waals surface area contributed by atoms with Crippen molar-refractivity contribution in [1.29, 1.82) is 0 Å². The monoisotopic (exact) mass is 208 g/mol. The van der Waals surface area contributed by atoms with Gasteiger partial charge in [-0.1, -0.05) is 13.3 Å². The molecule has 0 saturated heterocycles. The summed E-state index contributed by atoms with van der Waals surface area (Å²) in [5.41, 5.74) is 7.64. The minimum absolute atomic E-state index is 0.705. The molecule has 0 saturated carbocycles. The smallest absolute Gasteiger partial charge is 0.144 e. The molecule has 1 rings (SSSR count). The van der Waals surface area contributed by atoms with Gasteiger partial charge in [0.1, 0.15) is 5.75 Å². The third-order valence-electron chi connectivity index (χ3n) is 2.27. The lowest BCUT2D eigenvalue weighted by Crippen LogP contribution is -2.09. The highest BCUT2D eigenvalue weighted by Gasteiger charge is 2.03. The van der Waals surface area contributed by atoms with E-state index in [-0.39, 0.29) is 0 Å². The van der Waals surface area contributed by atoms with Gasteiger partial charge >= 0.3 is 0 Å². The second-order valence-electron chi connectivity index (χ2n) is 3.82. The first-order valence-corrected chi connectivity index (χ1v) is 5.34. The maximum atomic E-state index is 5.83. The molecule has 0 amide bonds. The van der Waals surface area contributed by atoms with Crippen molar-refractivity contribution in [3.05, 3.63) is 18.2 Å². The summed E-state index contributed by atoms with van der Waals surface area (Å²) in [5.74, 6) is 0.787. The Bertz CT molecular complexity index is 310. The van der Waals surface area contributed by atoms with Crippen LogP contribution in [0.1, 0.15) is 19.8 Å². The fourth-order valence-electron chi connectivity index (χ4n) is 1.25. The SMILES string of the molecule is CCCCOc1cc(N(C)C)ccc1N. The van der Waals surface area contributed by atoms with Crippen molar-refractivity contribution in [1.82, 2.24) is 0 Å². The van der Waals surface area contributed by atoms with Gasteiger partial charge in [0.25, 0.3) is 0 Å². The van der Waals surface area contributed by atoms with Crippen LogP contribution in [0.3, 0.4) is 0 Å². The third kappa shape index (κ3) is 3.35. The molecule has 0 spiro atoms. The molecule has 0 radical (unpaired) electrons. The fraction of sp³-hybridized carbons (Fsp3) is 0.500. The number of hydrogen-bond acceptors (Lipinski definition) is 3. The molecule has 0 aromatic heterocycles. The zero-order valence-electron chi connectivity index (χ0n) is 9.79. The highest BCUT2D eigenvalue weighted by Crippen LogP contribution is 2.26. The van der Waals surface area contributed by atoms with Crippen LogP contribution in [0.2, 0.25) is 0 Å². The molecule has 0 aliphatic heterocycles. The Balaban J connectivity index is 2.72. The van der Waals surface area contributed by atoms with Gasteiger partial charge in [0, 0.05) is 25.8 Å². The first-order valence-electron chi connectivity index (χ1n) is 5.34. The highest BCUT2D eigenvalue weighted by molar-refractivity contribution is 5.61. The molecule has 84 valence electrons. The van der Waals surface area contributed by atoms with E-state index < -0.39 is 0 Å². The van der Waals surface area contributed by atoms with E-state index in [1.54, 1.807) is 0 Å². The maximum Gasteiger partial charge on any atom is 0.144 e. The normalized spacial score (nSPS) is 10.1. The van der Waals surface area contributed by atoms with Crippen LogP contribution in [-0.4, -0.2) is 20.7 Å². The summed E-state index contributed by atoms with van der Waals surface area (Å²) in [6.45, 7) is 2.88. The molecule has 0 unspecified atom stereocenters. The Morgan fingerprint density at radius 3 is 2.67 bits per heavy atom. The Kier molecular flexibility index (Phi) is 4.28. The number of rotatable bonds is 5. The van der Waals surface area contributed by atoms with E-state index in [1.165, 1.54) is 0 Å². The average Bonchev–Trinajstić information content (AvgIpc) is 2.20. The van der Waals surface area contributed by atoms with Crippen molar-refractivity contribution in [2.45, 2.75) is 19.8 Å². The summed E-state index contributed by atoms with van der Waals surface area (Å²) in [6.07, 6.45) is 2.19. The summed E-state index contributed by atoms with van der Waals surface area (Å²) in [4.78, 5) is 2.03. The van der Waals surface area contributed by atoms with Crippen LogP contribution >= 0.6 is 0 Å². The standard InChI is InChI=1S/C12H20N2O/c1-4-5-8-15-12-9-10(14(2)3)6-7-11(12)13/h6-7,9H,4-5,8,13H2,1-3H3. The average molecular weight is 208 g/mol. The van der Waals surface area contributed by atoms with Crippen LogP contribution in [-0.2, 0) is 0 Å². The molecule has 0 bridgehead atoms. The predicted molar refractivity (Wildman–Crippen MR) is 65.6 cm³/mol. The maximum absolute atomic E-state index is 5.83. The van der Waals surface area contributed by atoms with Gasteiger partial charge in [-0.25, -0.2) is 0 Å². The molecule has 2 N–H and O–H groups in total. The van der Waals surface area contributed by atoms with E-state index in [0.717, 1.165) is 30.9 Å². The molecule has 1 aromatic carbocycles. The van der Waals surface area contributed by atoms with Gasteiger partial charge in [0.15, 0.2) is 0 Å². The van der Waals surface area contributed by atoms with Gasteiger partial charge < -0.3 is 15.4 Å². The lowest BCUT2D eigenvalue weighted by molar-refractivity contribution is 0.311. The molecular weight excluding hydrogens is 188 g/mol. The van der Waals surface area contributed by atoms with Gasteiger partial charge in [-0.3, -0.25) is 0 Å². The van der Waals surface area contributed by atoms with Crippen molar-refractivity contribution < 1.29 is 4.74 Å². The number of nitrogens with two attached hydrogens (primary N) is 1. The lowest BCUT2D eigenvalue weighted by Gasteiger charge is -2.15. The van der Waals surface area contributed by atoms with Gasteiger partial charge in [0.05, 0.1) is 12.3 Å². The van der Waals surface area contributed by atoms with Crippen molar-refractivity contribution in [3.8, 4) is 5.75 Å². The number of hydrogen-bond donors (Lipinski definition) is 1. The van der Waals surface area contributed by atoms with Gasteiger partial charge in [-0.15, -0.1) is 0 Å². The number of anilines is 2. The van der Waals surface area contributed by atoms with E-state index in [2.05, 4.69) is 6.92 Å². The number of benzene rings is 1. The number of unbranched alkanes of at least 4 members (excludes halogenated alkanes) is 1. The van der Waals surface area contributed by atoms with Crippen molar-refractivity contribution in [2.75, 3.05) is 31.3 Å². The topological polar surface area (TPSA) is 38.5 Å². The molecule has 3 heteroatoms. The first kappa shape index (κ1) is 11.7. The molecule has 0 aliphatic carbocycles. The van der Waals surface area contributed by atoms with Gasteiger partial charge in [0.2, 0.25) is 0 Å². The van der Waals surface area contributed by atoms with Gasteiger partial charge in [-0.05, 0) is 18.6 Å². The largest absolute Gasteiger partial charge is 0.491 e. The zero-order chi connectivity index (χ0) is 11.3. The number of nitrogens with zero attached hydrogens (tertiary/aromatic N) is 1. The van der Waals surface area contributed by atoms with Crippen LogP contribution < -0.4 is 15.4 Å². The van der Waals surface area contributed by atoms with Crippen molar-refractivity contribution in [3.63, 3.8) is 0 Å². The first-order chi connectivity index (χ1) is 7.15. The quantitative estimate of drug-likeness (QED) is 0.597. The van der Waals surface area contributed by atoms with Gasteiger partial charge in [-0.2, -0.15) is 0 Å².